The fourth-order valence-electron chi connectivity index (χ4n) is 1.60. The fraction of sp³-hybridized carbons (Fsp3) is 0.571. The summed E-state index contributed by atoms with van der Waals surface area (Å²) in [6.07, 6.45) is 0.549. The number of benzene rings is 1. The summed E-state index contributed by atoms with van der Waals surface area (Å²) in [7, 11) is 4.10. The van der Waals surface area contributed by atoms with E-state index in [1.54, 1.807) is 12.1 Å². The van der Waals surface area contributed by atoms with Crippen LogP contribution < -0.4 is 10.1 Å². The van der Waals surface area contributed by atoms with Gasteiger partial charge in [-0.1, -0.05) is 17.7 Å². The molecule has 0 saturated heterocycles. The third-order valence-corrected chi connectivity index (χ3v) is 2.81. The quantitative estimate of drug-likeness (QED) is 0.677. The third-order valence-electron chi connectivity index (χ3n) is 2.58. The second-order valence-electron chi connectivity index (χ2n) is 4.78. The molecule has 19 heavy (non-hydrogen) atoms. The van der Waals surface area contributed by atoms with Crippen molar-refractivity contribution in [3.8, 4) is 5.75 Å². The zero-order valence-corrected chi connectivity index (χ0v) is 12.4. The van der Waals surface area contributed by atoms with E-state index in [0.717, 1.165) is 19.5 Å². The molecule has 0 bridgehead atoms. The van der Waals surface area contributed by atoms with Crippen LogP contribution in [0.4, 0.5) is 0 Å². The third kappa shape index (κ3) is 8.06. The molecule has 1 aromatic rings. The minimum absolute atomic E-state index is 0.265. The van der Waals surface area contributed by atoms with Gasteiger partial charge in [0.15, 0.2) is 0 Å². The molecule has 4 nitrogen and oxygen atoms in total. The zero-order chi connectivity index (χ0) is 14.1. The monoisotopic (exact) mass is 286 g/mol. The number of aliphatic hydroxyl groups is 1. The Balaban J connectivity index is 2.09. The van der Waals surface area contributed by atoms with Gasteiger partial charge in [0.25, 0.3) is 0 Å². The van der Waals surface area contributed by atoms with Crippen LogP contribution in [0.1, 0.15) is 6.42 Å². The SMILES string of the molecule is CN(C)CCCNCC(O)COc1cccc(Cl)c1. The van der Waals surface area contributed by atoms with E-state index >= 15 is 0 Å². The summed E-state index contributed by atoms with van der Waals surface area (Å²) in [5.41, 5.74) is 0. The van der Waals surface area contributed by atoms with Crippen LogP contribution in [0.15, 0.2) is 24.3 Å². The van der Waals surface area contributed by atoms with Gasteiger partial charge in [0.05, 0.1) is 0 Å². The summed E-state index contributed by atoms with van der Waals surface area (Å²) < 4.78 is 5.46. The van der Waals surface area contributed by atoms with Gasteiger partial charge >= 0.3 is 0 Å². The average Bonchev–Trinajstić information content (AvgIpc) is 2.35. The standard InChI is InChI=1S/C14H23ClN2O2/c1-17(2)8-4-7-16-10-13(18)11-19-14-6-3-5-12(15)9-14/h3,5-6,9,13,16,18H,4,7-8,10-11H2,1-2H3. The van der Waals surface area contributed by atoms with Crippen molar-refractivity contribution >= 4 is 11.6 Å². The molecule has 0 aliphatic heterocycles. The second-order valence-corrected chi connectivity index (χ2v) is 5.22. The Morgan fingerprint density at radius 1 is 1.42 bits per heavy atom. The average molecular weight is 287 g/mol. The fourth-order valence-corrected chi connectivity index (χ4v) is 1.78. The van der Waals surface area contributed by atoms with Crippen molar-refractivity contribution in [2.45, 2.75) is 12.5 Å². The highest BCUT2D eigenvalue weighted by atomic mass is 35.5. The van der Waals surface area contributed by atoms with E-state index in [-0.39, 0.29) is 6.61 Å². The molecule has 1 atom stereocenters. The first-order valence-electron chi connectivity index (χ1n) is 6.50. The predicted octanol–water partition coefficient (Wildman–Crippen LogP) is 1.62. The highest BCUT2D eigenvalue weighted by Crippen LogP contribution is 2.17. The molecule has 0 aromatic heterocycles. The summed E-state index contributed by atoms with van der Waals surface area (Å²) >= 11 is 5.85. The molecule has 0 saturated carbocycles. The highest BCUT2D eigenvalue weighted by Gasteiger charge is 2.05. The highest BCUT2D eigenvalue weighted by molar-refractivity contribution is 6.30. The number of hydrogen-bond acceptors (Lipinski definition) is 4. The van der Waals surface area contributed by atoms with Crippen molar-refractivity contribution < 1.29 is 9.84 Å². The van der Waals surface area contributed by atoms with Gasteiger partial charge in [0.1, 0.15) is 18.5 Å². The molecule has 1 unspecified atom stereocenters. The molecule has 0 aliphatic carbocycles. The van der Waals surface area contributed by atoms with Crippen LogP contribution in [0.2, 0.25) is 5.02 Å². The Kier molecular flexibility index (Phi) is 7.82. The van der Waals surface area contributed by atoms with Crippen LogP contribution in [-0.2, 0) is 0 Å². The molecule has 0 amide bonds. The first-order valence-corrected chi connectivity index (χ1v) is 6.87. The molecule has 2 N–H and O–H groups in total. The Hall–Kier alpha value is -0.810. The van der Waals surface area contributed by atoms with Crippen molar-refractivity contribution in [2.75, 3.05) is 40.3 Å². The second kappa shape index (κ2) is 9.15. The van der Waals surface area contributed by atoms with Crippen molar-refractivity contribution in [2.24, 2.45) is 0 Å². The summed E-state index contributed by atoms with van der Waals surface area (Å²) in [4.78, 5) is 2.14. The summed E-state index contributed by atoms with van der Waals surface area (Å²) in [6, 6.07) is 7.17. The lowest BCUT2D eigenvalue weighted by Crippen LogP contribution is -2.32. The van der Waals surface area contributed by atoms with Gasteiger partial charge in [-0.25, -0.2) is 0 Å². The molecule has 108 valence electrons. The number of halogens is 1. The maximum atomic E-state index is 9.76. The normalized spacial score (nSPS) is 12.7. The number of hydrogen-bond donors (Lipinski definition) is 2. The Bertz CT molecular complexity index is 361. The van der Waals surface area contributed by atoms with E-state index in [0.29, 0.717) is 17.3 Å². The first-order chi connectivity index (χ1) is 9.08. The smallest absolute Gasteiger partial charge is 0.120 e. The number of aliphatic hydroxyl groups excluding tert-OH is 1. The van der Waals surface area contributed by atoms with Gasteiger partial charge in [-0.05, 0) is 51.8 Å². The maximum absolute atomic E-state index is 9.76. The molecule has 0 radical (unpaired) electrons. The van der Waals surface area contributed by atoms with Crippen LogP contribution in [-0.4, -0.2) is 56.4 Å². The van der Waals surface area contributed by atoms with Crippen LogP contribution in [0.25, 0.3) is 0 Å². The van der Waals surface area contributed by atoms with Crippen molar-refractivity contribution in [1.29, 1.82) is 0 Å². The Morgan fingerprint density at radius 3 is 2.89 bits per heavy atom. The summed E-state index contributed by atoms with van der Waals surface area (Å²) in [5, 5.41) is 13.6. The minimum atomic E-state index is -0.515. The van der Waals surface area contributed by atoms with Gasteiger partial charge in [0.2, 0.25) is 0 Å². The molecular formula is C14H23ClN2O2. The van der Waals surface area contributed by atoms with E-state index in [1.807, 2.05) is 26.2 Å². The Labute approximate surface area is 120 Å². The lowest BCUT2D eigenvalue weighted by atomic mass is 10.3. The zero-order valence-electron chi connectivity index (χ0n) is 11.6. The Morgan fingerprint density at radius 2 is 2.21 bits per heavy atom. The summed E-state index contributed by atoms with van der Waals surface area (Å²) in [6.45, 7) is 2.74. The van der Waals surface area contributed by atoms with Gasteiger partial charge < -0.3 is 20.1 Å². The van der Waals surface area contributed by atoms with E-state index in [4.69, 9.17) is 16.3 Å². The number of nitrogens with one attached hydrogen (secondary N) is 1. The molecule has 0 aliphatic rings. The van der Waals surface area contributed by atoms with Gasteiger partial charge in [-0.3, -0.25) is 0 Å². The number of nitrogens with zero attached hydrogens (tertiary/aromatic N) is 1. The number of rotatable bonds is 9. The molecule has 0 fully saturated rings. The van der Waals surface area contributed by atoms with Crippen molar-refractivity contribution in [3.63, 3.8) is 0 Å². The molecule has 1 rings (SSSR count). The molecule has 0 heterocycles. The lowest BCUT2D eigenvalue weighted by molar-refractivity contribution is 0.106. The molecule has 1 aromatic carbocycles. The molecule has 0 spiro atoms. The van der Waals surface area contributed by atoms with Gasteiger partial charge in [0, 0.05) is 11.6 Å². The first kappa shape index (κ1) is 16.2. The predicted molar refractivity (Wildman–Crippen MR) is 79.0 cm³/mol. The van der Waals surface area contributed by atoms with E-state index in [1.165, 1.54) is 0 Å². The van der Waals surface area contributed by atoms with Crippen molar-refractivity contribution in [1.82, 2.24) is 10.2 Å². The minimum Gasteiger partial charge on any atom is -0.491 e. The van der Waals surface area contributed by atoms with Crippen molar-refractivity contribution in [3.05, 3.63) is 29.3 Å². The largest absolute Gasteiger partial charge is 0.491 e. The van der Waals surface area contributed by atoms with E-state index in [2.05, 4.69) is 10.2 Å². The van der Waals surface area contributed by atoms with Crippen LogP contribution in [0.3, 0.4) is 0 Å². The maximum Gasteiger partial charge on any atom is 0.120 e. The van der Waals surface area contributed by atoms with Crippen LogP contribution in [0, 0.1) is 0 Å². The summed E-state index contributed by atoms with van der Waals surface area (Å²) in [5.74, 6) is 0.680. The van der Waals surface area contributed by atoms with Crippen LogP contribution in [0.5, 0.6) is 5.75 Å². The van der Waals surface area contributed by atoms with Gasteiger partial charge in [-0.15, -0.1) is 0 Å². The van der Waals surface area contributed by atoms with E-state index < -0.39 is 6.10 Å². The molecular weight excluding hydrogens is 264 g/mol. The van der Waals surface area contributed by atoms with Crippen LogP contribution >= 0.6 is 11.6 Å². The van der Waals surface area contributed by atoms with E-state index in [9.17, 15) is 5.11 Å². The molecule has 5 heteroatoms. The van der Waals surface area contributed by atoms with Gasteiger partial charge in [-0.2, -0.15) is 0 Å². The topological polar surface area (TPSA) is 44.7 Å². The lowest BCUT2D eigenvalue weighted by Gasteiger charge is -2.14. The number of ether oxygens (including phenoxy) is 1.